The molecule has 116 valence electrons. The maximum atomic E-state index is 4.12. The molecular formula is C19H35N. The van der Waals surface area contributed by atoms with Crippen LogP contribution in [0.25, 0.3) is 0 Å². The summed E-state index contributed by atoms with van der Waals surface area (Å²) in [7, 11) is 0. The van der Waals surface area contributed by atoms with Gasteiger partial charge in [-0.15, -0.1) is 0 Å². The quantitative estimate of drug-likeness (QED) is 0.466. The van der Waals surface area contributed by atoms with Crippen LogP contribution in [0.1, 0.15) is 61.3 Å². The first-order chi connectivity index (χ1) is 9.18. The fourth-order valence-electron chi connectivity index (χ4n) is 2.53. The van der Waals surface area contributed by atoms with E-state index >= 15 is 0 Å². The molecule has 0 aromatic heterocycles. The van der Waals surface area contributed by atoms with Gasteiger partial charge in [0, 0.05) is 18.4 Å². The Balaban J connectivity index is 4.86. The molecule has 1 heteroatoms. The molecule has 0 aliphatic rings. The summed E-state index contributed by atoms with van der Waals surface area (Å²) in [4.78, 5) is 2.29. The minimum absolute atomic E-state index is 0.674. The predicted molar refractivity (Wildman–Crippen MR) is 92.5 cm³/mol. The lowest BCUT2D eigenvalue weighted by Crippen LogP contribution is -2.27. The molecule has 0 amide bonds. The van der Waals surface area contributed by atoms with Crippen molar-refractivity contribution in [1.29, 1.82) is 0 Å². The normalized spacial score (nSPS) is 15.1. The lowest BCUT2D eigenvalue weighted by molar-refractivity contribution is 0.244. The molecule has 0 aliphatic heterocycles. The Morgan fingerprint density at radius 2 is 1.65 bits per heavy atom. The molecule has 2 atom stereocenters. The summed E-state index contributed by atoms with van der Waals surface area (Å²) >= 11 is 0. The van der Waals surface area contributed by atoms with Crippen molar-refractivity contribution in [2.24, 2.45) is 17.8 Å². The number of hydrogen-bond acceptors (Lipinski definition) is 1. The maximum Gasteiger partial charge on any atom is 0.0250 e. The highest BCUT2D eigenvalue weighted by molar-refractivity contribution is 5.24. The van der Waals surface area contributed by atoms with Gasteiger partial charge in [-0.1, -0.05) is 52.8 Å². The first kappa shape index (κ1) is 19.0. The fraction of sp³-hybridized carbons (Fsp3) is 0.684. The number of nitrogens with zero attached hydrogens (tertiary/aromatic N) is 1. The molecule has 0 heterocycles. The third-order valence-corrected chi connectivity index (χ3v) is 4.10. The van der Waals surface area contributed by atoms with E-state index in [1.807, 2.05) is 0 Å². The zero-order valence-electron chi connectivity index (χ0n) is 14.8. The van der Waals surface area contributed by atoms with Crippen molar-refractivity contribution in [2.45, 2.75) is 61.3 Å². The van der Waals surface area contributed by atoms with Gasteiger partial charge >= 0.3 is 0 Å². The van der Waals surface area contributed by atoms with Gasteiger partial charge in [0.1, 0.15) is 0 Å². The zero-order chi connectivity index (χ0) is 15.9. The third kappa shape index (κ3) is 6.98. The summed E-state index contributed by atoms with van der Waals surface area (Å²) in [5.74, 6) is 2.23. The topological polar surface area (TPSA) is 3.24 Å². The average Bonchev–Trinajstić information content (AvgIpc) is 2.33. The molecule has 0 saturated heterocycles. The Kier molecular flexibility index (Phi) is 8.60. The van der Waals surface area contributed by atoms with Crippen LogP contribution >= 0.6 is 0 Å². The molecule has 0 N–H and O–H groups in total. The van der Waals surface area contributed by atoms with Crippen molar-refractivity contribution in [3.05, 3.63) is 36.2 Å². The van der Waals surface area contributed by atoms with Gasteiger partial charge in [-0.05, 0) is 50.5 Å². The van der Waals surface area contributed by atoms with E-state index in [0.717, 1.165) is 29.7 Å². The summed E-state index contributed by atoms with van der Waals surface area (Å²) in [6.45, 7) is 24.7. The van der Waals surface area contributed by atoms with Gasteiger partial charge in [-0.3, -0.25) is 0 Å². The lowest BCUT2D eigenvalue weighted by Gasteiger charge is -2.31. The Bertz CT molecular complexity index is 349. The molecule has 0 fully saturated rings. The van der Waals surface area contributed by atoms with E-state index in [-0.39, 0.29) is 0 Å². The summed E-state index contributed by atoms with van der Waals surface area (Å²) in [5, 5.41) is 0. The molecule has 0 aromatic carbocycles. The van der Waals surface area contributed by atoms with Crippen LogP contribution in [0, 0.1) is 17.8 Å². The molecule has 0 radical (unpaired) electrons. The zero-order valence-corrected chi connectivity index (χ0v) is 14.8. The molecule has 0 saturated carbocycles. The molecule has 0 aliphatic carbocycles. The van der Waals surface area contributed by atoms with Crippen molar-refractivity contribution in [2.75, 3.05) is 6.54 Å². The fourth-order valence-corrected chi connectivity index (χ4v) is 2.53. The predicted octanol–water partition coefficient (Wildman–Crippen LogP) is 6.01. The molecule has 0 aromatic rings. The lowest BCUT2D eigenvalue weighted by atomic mass is 9.84. The Morgan fingerprint density at radius 3 is 2.00 bits per heavy atom. The van der Waals surface area contributed by atoms with Gasteiger partial charge in [-0.2, -0.15) is 0 Å². The second kappa shape index (κ2) is 9.05. The highest BCUT2D eigenvalue weighted by Gasteiger charge is 2.19. The van der Waals surface area contributed by atoms with Crippen molar-refractivity contribution in [3.8, 4) is 0 Å². The minimum Gasteiger partial charge on any atom is -0.352 e. The molecule has 20 heavy (non-hydrogen) atoms. The molecule has 2 unspecified atom stereocenters. The van der Waals surface area contributed by atoms with E-state index in [0.29, 0.717) is 5.92 Å². The smallest absolute Gasteiger partial charge is 0.0250 e. The highest BCUT2D eigenvalue weighted by atomic mass is 15.1. The van der Waals surface area contributed by atoms with Crippen molar-refractivity contribution in [3.63, 3.8) is 0 Å². The van der Waals surface area contributed by atoms with E-state index in [2.05, 4.69) is 72.7 Å². The Hall–Kier alpha value is -0.980. The van der Waals surface area contributed by atoms with Gasteiger partial charge < -0.3 is 4.90 Å². The molecule has 0 bridgehead atoms. The van der Waals surface area contributed by atoms with Crippen LogP contribution in [0.15, 0.2) is 36.2 Å². The standard InChI is InChI=1S/C19H35N/c1-10-19(11-14(2)3)18(9)13-20(16(6)7)12-17(8)15(4)5/h12,14,18-19H,4,6,10-11,13H2,1-3,5,7-9H3/b17-12-. The molecule has 0 rings (SSSR count). The highest BCUT2D eigenvalue weighted by Crippen LogP contribution is 2.26. The monoisotopic (exact) mass is 277 g/mol. The number of rotatable bonds is 9. The van der Waals surface area contributed by atoms with E-state index in [1.54, 1.807) is 0 Å². The van der Waals surface area contributed by atoms with E-state index in [4.69, 9.17) is 0 Å². The molecule has 1 nitrogen and oxygen atoms in total. The summed E-state index contributed by atoms with van der Waals surface area (Å²) < 4.78 is 0. The van der Waals surface area contributed by atoms with Crippen molar-refractivity contribution < 1.29 is 0 Å². The minimum atomic E-state index is 0.674. The summed E-state index contributed by atoms with van der Waals surface area (Å²) in [6, 6.07) is 0. The summed E-state index contributed by atoms with van der Waals surface area (Å²) in [6.07, 6.45) is 4.76. The van der Waals surface area contributed by atoms with Crippen molar-refractivity contribution in [1.82, 2.24) is 4.90 Å². The van der Waals surface area contributed by atoms with Crippen LogP contribution in [0.3, 0.4) is 0 Å². The maximum absolute atomic E-state index is 4.12. The van der Waals surface area contributed by atoms with Gasteiger partial charge in [0.2, 0.25) is 0 Å². The second-order valence-electron chi connectivity index (χ2n) is 6.76. The van der Waals surface area contributed by atoms with E-state index in [9.17, 15) is 0 Å². The summed E-state index contributed by atoms with van der Waals surface area (Å²) in [5.41, 5.74) is 3.46. The Morgan fingerprint density at radius 1 is 1.10 bits per heavy atom. The van der Waals surface area contributed by atoms with E-state index in [1.165, 1.54) is 18.4 Å². The van der Waals surface area contributed by atoms with Crippen LogP contribution < -0.4 is 0 Å². The first-order valence-corrected chi connectivity index (χ1v) is 7.95. The van der Waals surface area contributed by atoms with Crippen LogP contribution in [0.4, 0.5) is 0 Å². The SMILES string of the molecule is C=C(C)/C(C)=C\N(CC(C)C(CC)CC(C)C)C(=C)C. The molecular weight excluding hydrogens is 242 g/mol. The van der Waals surface area contributed by atoms with E-state index < -0.39 is 0 Å². The average molecular weight is 277 g/mol. The van der Waals surface area contributed by atoms with Crippen LogP contribution in [0.5, 0.6) is 0 Å². The van der Waals surface area contributed by atoms with Gasteiger partial charge in [-0.25, -0.2) is 0 Å². The van der Waals surface area contributed by atoms with Crippen molar-refractivity contribution >= 4 is 0 Å². The number of hydrogen-bond donors (Lipinski definition) is 0. The first-order valence-electron chi connectivity index (χ1n) is 7.95. The van der Waals surface area contributed by atoms with Crippen LogP contribution in [0.2, 0.25) is 0 Å². The Labute approximate surface area is 127 Å². The van der Waals surface area contributed by atoms with Gasteiger partial charge in [0.25, 0.3) is 0 Å². The molecule has 0 spiro atoms. The van der Waals surface area contributed by atoms with Gasteiger partial charge in [0.05, 0.1) is 0 Å². The largest absolute Gasteiger partial charge is 0.352 e. The van der Waals surface area contributed by atoms with Gasteiger partial charge in [0.15, 0.2) is 0 Å². The second-order valence-corrected chi connectivity index (χ2v) is 6.76. The van der Waals surface area contributed by atoms with Crippen LogP contribution in [-0.4, -0.2) is 11.4 Å². The third-order valence-electron chi connectivity index (χ3n) is 4.10. The van der Waals surface area contributed by atoms with Crippen LogP contribution in [-0.2, 0) is 0 Å². The number of allylic oxidation sites excluding steroid dienone is 3.